The van der Waals surface area contributed by atoms with E-state index in [9.17, 15) is 0 Å². The Morgan fingerprint density at radius 1 is 1.38 bits per heavy atom. The molecular weight excluding hydrogens is 222 g/mol. The van der Waals surface area contributed by atoms with Crippen molar-refractivity contribution in [2.45, 2.75) is 19.3 Å². The average molecular weight is 239 g/mol. The zero-order valence-electron chi connectivity index (χ0n) is 9.82. The molecule has 0 heterocycles. The van der Waals surface area contributed by atoms with Gasteiger partial charge in [-0.2, -0.15) is 0 Å². The largest absolute Gasteiger partial charge is 0.497 e. The average Bonchev–Trinajstić information content (AvgIpc) is 2.27. The Morgan fingerprint density at radius 2 is 2.06 bits per heavy atom. The fraction of sp³-hybridized carbons (Fsp3) is 0.417. The predicted octanol–water partition coefficient (Wildman–Crippen LogP) is 2.48. The van der Waals surface area contributed by atoms with Crippen molar-refractivity contribution < 1.29 is 9.47 Å². The number of methoxy groups -OCH3 is 2. The molecule has 0 aliphatic heterocycles. The van der Waals surface area contributed by atoms with Gasteiger partial charge in [-0.15, -0.1) is 0 Å². The van der Waals surface area contributed by atoms with Crippen LogP contribution in [0.15, 0.2) is 18.2 Å². The van der Waals surface area contributed by atoms with E-state index in [0.717, 1.165) is 17.1 Å². The molecule has 0 bridgehead atoms. The number of nitrogens with two attached hydrogens (primary N) is 1. The number of hydrogen-bond acceptors (Lipinski definition) is 3. The van der Waals surface area contributed by atoms with Crippen molar-refractivity contribution in [2.75, 3.05) is 14.2 Å². The topological polar surface area (TPSA) is 44.5 Å². The Labute approximate surface area is 102 Å². The van der Waals surface area contributed by atoms with Crippen LogP contribution in [0.3, 0.4) is 0 Å². The molecule has 0 saturated heterocycles. The summed E-state index contributed by atoms with van der Waals surface area (Å²) in [5.41, 5.74) is 6.62. The molecule has 3 nitrogen and oxygen atoms in total. The molecule has 0 aliphatic rings. The van der Waals surface area contributed by atoms with E-state index in [1.807, 2.05) is 18.2 Å². The first kappa shape index (κ1) is 12.8. The molecule has 2 N–H and O–H groups in total. The highest BCUT2D eigenvalue weighted by molar-refractivity contribution is 7.80. The molecule has 1 rings (SSSR count). The third-order valence-corrected chi connectivity index (χ3v) is 2.64. The third kappa shape index (κ3) is 3.10. The Morgan fingerprint density at radius 3 is 2.56 bits per heavy atom. The van der Waals surface area contributed by atoms with E-state index in [1.54, 1.807) is 14.2 Å². The highest BCUT2D eigenvalue weighted by Crippen LogP contribution is 2.32. The van der Waals surface area contributed by atoms with Gasteiger partial charge in [-0.25, -0.2) is 0 Å². The van der Waals surface area contributed by atoms with E-state index < -0.39 is 0 Å². The van der Waals surface area contributed by atoms with Crippen LogP contribution in [-0.4, -0.2) is 19.2 Å². The lowest BCUT2D eigenvalue weighted by Gasteiger charge is -2.16. The molecule has 0 amide bonds. The molecule has 1 unspecified atom stereocenters. The maximum Gasteiger partial charge on any atom is 0.122 e. The van der Waals surface area contributed by atoms with E-state index >= 15 is 0 Å². The van der Waals surface area contributed by atoms with Crippen molar-refractivity contribution in [2.24, 2.45) is 5.73 Å². The molecule has 0 fully saturated rings. The summed E-state index contributed by atoms with van der Waals surface area (Å²) in [5.74, 6) is 1.87. The Balaban J connectivity index is 3.02. The maximum absolute atomic E-state index is 5.55. The van der Waals surface area contributed by atoms with Crippen molar-refractivity contribution in [3.8, 4) is 11.5 Å². The summed E-state index contributed by atoms with van der Waals surface area (Å²) in [7, 11) is 3.29. The zero-order valence-corrected chi connectivity index (χ0v) is 10.6. The standard InChI is InChI=1S/C12H17NO2S/c1-8(6-12(13)16)10-7-9(14-2)4-5-11(10)15-3/h4-5,7-8H,6H2,1-3H3,(H2,13,16). The molecule has 0 aromatic heterocycles. The van der Waals surface area contributed by atoms with Gasteiger partial charge < -0.3 is 15.2 Å². The summed E-state index contributed by atoms with van der Waals surface area (Å²) < 4.78 is 10.5. The Hall–Kier alpha value is -1.29. The van der Waals surface area contributed by atoms with Crippen LogP contribution >= 0.6 is 12.2 Å². The number of benzene rings is 1. The fourth-order valence-electron chi connectivity index (χ4n) is 1.64. The molecule has 0 aliphatic carbocycles. The smallest absolute Gasteiger partial charge is 0.122 e. The van der Waals surface area contributed by atoms with Gasteiger partial charge >= 0.3 is 0 Å². The van der Waals surface area contributed by atoms with Crippen LogP contribution in [0.4, 0.5) is 0 Å². The normalized spacial score (nSPS) is 11.9. The first-order valence-corrected chi connectivity index (χ1v) is 5.49. The molecule has 1 aromatic rings. The van der Waals surface area contributed by atoms with E-state index in [-0.39, 0.29) is 5.92 Å². The fourth-order valence-corrected chi connectivity index (χ4v) is 1.89. The van der Waals surface area contributed by atoms with Crippen molar-refractivity contribution in [1.82, 2.24) is 0 Å². The van der Waals surface area contributed by atoms with Gasteiger partial charge in [0.05, 0.1) is 19.2 Å². The van der Waals surface area contributed by atoms with Crippen LogP contribution < -0.4 is 15.2 Å². The first-order valence-electron chi connectivity index (χ1n) is 5.08. The lowest BCUT2D eigenvalue weighted by Crippen LogP contribution is -2.12. The van der Waals surface area contributed by atoms with Gasteiger partial charge in [-0.1, -0.05) is 19.1 Å². The van der Waals surface area contributed by atoms with Crippen LogP contribution in [0.5, 0.6) is 11.5 Å². The second-order valence-electron chi connectivity index (χ2n) is 3.68. The van der Waals surface area contributed by atoms with Gasteiger partial charge in [-0.3, -0.25) is 0 Å². The van der Waals surface area contributed by atoms with Crippen LogP contribution in [-0.2, 0) is 0 Å². The van der Waals surface area contributed by atoms with Crippen LogP contribution in [0.1, 0.15) is 24.8 Å². The second kappa shape index (κ2) is 5.70. The van der Waals surface area contributed by atoms with Crippen molar-refractivity contribution in [3.63, 3.8) is 0 Å². The minimum Gasteiger partial charge on any atom is -0.497 e. The minimum absolute atomic E-state index is 0.225. The second-order valence-corrected chi connectivity index (χ2v) is 4.20. The lowest BCUT2D eigenvalue weighted by molar-refractivity contribution is 0.396. The van der Waals surface area contributed by atoms with Gasteiger partial charge in [0.25, 0.3) is 0 Å². The van der Waals surface area contributed by atoms with Gasteiger partial charge in [0, 0.05) is 12.0 Å². The molecule has 0 radical (unpaired) electrons. The van der Waals surface area contributed by atoms with E-state index in [0.29, 0.717) is 11.4 Å². The summed E-state index contributed by atoms with van der Waals surface area (Å²) in [6.07, 6.45) is 0.666. The molecular formula is C12H17NO2S. The molecule has 16 heavy (non-hydrogen) atoms. The number of hydrogen-bond donors (Lipinski definition) is 1. The summed E-state index contributed by atoms with van der Waals surface area (Å²) in [6.45, 7) is 2.07. The number of thiocarbonyl (C=S) groups is 1. The predicted molar refractivity (Wildman–Crippen MR) is 69.4 cm³/mol. The highest BCUT2D eigenvalue weighted by atomic mass is 32.1. The summed E-state index contributed by atoms with van der Waals surface area (Å²) in [5, 5.41) is 0. The molecule has 1 atom stereocenters. The Kier molecular flexibility index (Phi) is 4.55. The third-order valence-electron chi connectivity index (χ3n) is 2.48. The molecule has 1 aromatic carbocycles. The van der Waals surface area contributed by atoms with E-state index in [1.165, 1.54) is 0 Å². The summed E-state index contributed by atoms with van der Waals surface area (Å²) in [6, 6.07) is 5.72. The summed E-state index contributed by atoms with van der Waals surface area (Å²) in [4.78, 5) is 0.511. The number of rotatable bonds is 5. The van der Waals surface area contributed by atoms with Crippen LogP contribution in [0.2, 0.25) is 0 Å². The lowest BCUT2D eigenvalue weighted by atomic mass is 9.96. The van der Waals surface area contributed by atoms with Crippen molar-refractivity contribution in [1.29, 1.82) is 0 Å². The van der Waals surface area contributed by atoms with Gasteiger partial charge in [0.15, 0.2) is 0 Å². The quantitative estimate of drug-likeness (QED) is 0.802. The highest BCUT2D eigenvalue weighted by Gasteiger charge is 2.13. The molecule has 88 valence electrons. The maximum atomic E-state index is 5.55. The van der Waals surface area contributed by atoms with Crippen molar-refractivity contribution in [3.05, 3.63) is 23.8 Å². The van der Waals surface area contributed by atoms with Gasteiger partial charge in [-0.05, 0) is 24.1 Å². The van der Waals surface area contributed by atoms with Gasteiger partial charge in [0.1, 0.15) is 11.5 Å². The van der Waals surface area contributed by atoms with Crippen molar-refractivity contribution >= 4 is 17.2 Å². The number of ether oxygens (including phenoxy) is 2. The van der Waals surface area contributed by atoms with E-state index in [4.69, 9.17) is 27.4 Å². The zero-order chi connectivity index (χ0) is 12.1. The molecule has 4 heteroatoms. The van der Waals surface area contributed by atoms with Gasteiger partial charge in [0.2, 0.25) is 0 Å². The minimum atomic E-state index is 0.225. The molecule has 0 spiro atoms. The van der Waals surface area contributed by atoms with Crippen LogP contribution in [0.25, 0.3) is 0 Å². The molecule has 0 saturated carbocycles. The summed E-state index contributed by atoms with van der Waals surface area (Å²) >= 11 is 4.92. The SMILES string of the molecule is COc1ccc(OC)c(C(C)CC(N)=S)c1. The monoisotopic (exact) mass is 239 g/mol. The van der Waals surface area contributed by atoms with Crippen LogP contribution in [0, 0.1) is 0 Å². The Bertz CT molecular complexity index is 379. The first-order chi connectivity index (χ1) is 7.58. The van der Waals surface area contributed by atoms with E-state index in [2.05, 4.69) is 6.92 Å².